The maximum atomic E-state index is 10.6. The molecule has 0 aliphatic carbocycles. The molecule has 60 valence electrons. The van der Waals surface area contributed by atoms with E-state index in [0.717, 1.165) is 19.5 Å². The Morgan fingerprint density at radius 3 is 3.18 bits per heavy atom. The molecule has 3 nitrogen and oxygen atoms in total. The summed E-state index contributed by atoms with van der Waals surface area (Å²) in [7, 11) is 0. The highest BCUT2D eigenvalue weighted by Crippen LogP contribution is 2.24. The van der Waals surface area contributed by atoms with Crippen molar-refractivity contribution in [2.24, 2.45) is 5.92 Å². The minimum Gasteiger partial charge on any atom is -0.478 e. The fraction of sp³-hybridized carbons (Fsp3) is 0.625. The van der Waals surface area contributed by atoms with Crippen molar-refractivity contribution in [1.29, 1.82) is 0 Å². The lowest BCUT2D eigenvalue weighted by atomic mass is 10.0. The Morgan fingerprint density at radius 2 is 2.55 bits per heavy atom. The van der Waals surface area contributed by atoms with Crippen molar-refractivity contribution < 1.29 is 9.90 Å². The van der Waals surface area contributed by atoms with Crippen LogP contribution in [-0.2, 0) is 4.79 Å². The molecular formula is C8H11NO2. The van der Waals surface area contributed by atoms with Crippen molar-refractivity contribution >= 4 is 5.97 Å². The van der Waals surface area contributed by atoms with E-state index < -0.39 is 5.97 Å². The second-order valence-corrected chi connectivity index (χ2v) is 3.28. The molecule has 2 atom stereocenters. The van der Waals surface area contributed by atoms with Crippen molar-refractivity contribution in [2.45, 2.75) is 6.42 Å². The molecule has 0 radical (unpaired) electrons. The Morgan fingerprint density at radius 1 is 1.73 bits per heavy atom. The first kappa shape index (κ1) is 6.85. The normalized spacial score (nSPS) is 35.1. The average molecular weight is 153 g/mol. The molecule has 2 rings (SSSR count). The van der Waals surface area contributed by atoms with E-state index in [1.54, 1.807) is 0 Å². The van der Waals surface area contributed by atoms with Crippen LogP contribution in [-0.4, -0.2) is 35.6 Å². The van der Waals surface area contributed by atoms with Gasteiger partial charge in [0.15, 0.2) is 0 Å². The molecule has 1 N–H and O–H groups in total. The maximum absolute atomic E-state index is 10.6. The number of aliphatic carboxylic acids is 1. The van der Waals surface area contributed by atoms with E-state index in [1.165, 1.54) is 0 Å². The van der Waals surface area contributed by atoms with Crippen LogP contribution in [0.25, 0.3) is 0 Å². The second kappa shape index (κ2) is 2.34. The van der Waals surface area contributed by atoms with Crippen LogP contribution < -0.4 is 0 Å². The third-order valence-electron chi connectivity index (χ3n) is 2.41. The van der Waals surface area contributed by atoms with E-state index in [9.17, 15) is 4.79 Å². The van der Waals surface area contributed by atoms with Gasteiger partial charge in [-0.15, -0.1) is 0 Å². The summed E-state index contributed by atoms with van der Waals surface area (Å²) in [5, 5.41) is 8.71. The SMILES string of the molecule is O=C(O)C1=CC2CCN(C1)C2. The Balaban J connectivity index is 2.19. The summed E-state index contributed by atoms with van der Waals surface area (Å²) in [6, 6.07) is 0. The largest absolute Gasteiger partial charge is 0.478 e. The number of carboxylic acid groups (broad SMARTS) is 1. The van der Waals surface area contributed by atoms with E-state index in [2.05, 4.69) is 4.90 Å². The van der Waals surface area contributed by atoms with E-state index in [-0.39, 0.29) is 0 Å². The highest BCUT2D eigenvalue weighted by molar-refractivity contribution is 5.87. The van der Waals surface area contributed by atoms with Crippen molar-refractivity contribution in [2.75, 3.05) is 19.6 Å². The summed E-state index contributed by atoms with van der Waals surface area (Å²) < 4.78 is 0. The molecular weight excluding hydrogens is 142 g/mol. The van der Waals surface area contributed by atoms with E-state index in [1.807, 2.05) is 6.08 Å². The zero-order valence-corrected chi connectivity index (χ0v) is 6.29. The molecule has 1 saturated heterocycles. The lowest BCUT2D eigenvalue weighted by Crippen LogP contribution is -2.29. The topological polar surface area (TPSA) is 40.5 Å². The smallest absolute Gasteiger partial charge is 0.332 e. The van der Waals surface area contributed by atoms with Crippen LogP contribution in [0.4, 0.5) is 0 Å². The Hall–Kier alpha value is -0.830. The van der Waals surface area contributed by atoms with Gasteiger partial charge in [0.25, 0.3) is 0 Å². The predicted molar refractivity (Wildman–Crippen MR) is 40.3 cm³/mol. The van der Waals surface area contributed by atoms with Crippen molar-refractivity contribution in [3.63, 3.8) is 0 Å². The molecule has 2 bridgehead atoms. The minimum absolute atomic E-state index is 0.509. The standard InChI is InChI=1S/C8H11NO2/c10-8(11)7-3-6-1-2-9(4-6)5-7/h3,6H,1-2,4-5H2,(H,10,11). The van der Waals surface area contributed by atoms with E-state index in [4.69, 9.17) is 5.11 Å². The Bertz CT molecular complexity index is 222. The zero-order chi connectivity index (χ0) is 7.84. The number of carboxylic acids is 1. The van der Waals surface area contributed by atoms with Gasteiger partial charge in [-0.2, -0.15) is 0 Å². The molecule has 2 aliphatic heterocycles. The number of nitrogens with zero attached hydrogens (tertiary/aromatic N) is 1. The fourth-order valence-electron chi connectivity index (χ4n) is 1.86. The van der Waals surface area contributed by atoms with Crippen LogP contribution >= 0.6 is 0 Å². The quantitative estimate of drug-likeness (QED) is 0.590. The van der Waals surface area contributed by atoms with Gasteiger partial charge < -0.3 is 5.11 Å². The maximum Gasteiger partial charge on any atom is 0.332 e. The van der Waals surface area contributed by atoms with Gasteiger partial charge in [0, 0.05) is 18.7 Å². The molecule has 2 heterocycles. The molecule has 0 spiro atoms. The predicted octanol–water partition coefficient (Wildman–Crippen LogP) is 0.333. The third-order valence-corrected chi connectivity index (χ3v) is 2.41. The lowest BCUT2D eigenvalue weighted by Gasteiger charge is -2.19. The van der Waals surface area contributed by atoms with E-state index >= 15 is 0 Å². The Labute approximate surface area is 65.3 Å². The highest BCUT2D eigenvalue weighted by Gasteiger charge is 2.28. The summed E-state index contributed by atoms with van der Waals surface area (Å²) in [5.74, 6) is -0.239. The number of hydrogen-bond donors (Lipinski definition) is 1. The number of rotatable bonds is 1. The molecule has 3 heteroatoms. The number of fused-ring (bicyclic) bond motifs is 2. The van der Waals surface area contributed by atoms with Gasteiger partial charge in [-0.3, -0.25) is 4.90 Å². The monoisotopic (exact) mass is 153 g/mol. The molecule has 2 unspecified atom stereocenters. The average Bonchev–Trinajstić information content (AvgIpc) is 2.30. The van der Waals surface area contributed by atoms with Crippen LogP contribution in [0.5, 0.6) is 0 Å². The molecule has 0 aromatic heterocycles. The van der Waals surface area contributed by atoms with Gasteiger partial charge in [0.2, 0.25) is 0 Å². The molecule has 11 heavy (non-hydrogen) atoms. The summed E-state index contributed by atoms with van der Waals surface area (Å²) in [6.07, 6.45) is 3.06. The first-order valence-corrected chi connectivity index (χ1v) is 3.92. The molecule has 0 aromatic carbocycles. The summed E-state index contributed by atoms with van der Waals surface area (Å²) >= 11 is 0. The first-order chi connectivity index (χ1) is 5.25. The molecule has 1 fully saturated rings. The van der Waals surface area contributed by atoms with Gasteiger partial charge >= 0.3 is 5.97 Å². The van der Waals surface area contributed by atoms with Crippen molar-refractivity contribution in [3.8, 4) is 0 Å². The van der Waals surface area contributed by atoms with E-state index in [0.29, 0.717) is 18.0 Å². The van der Waals surface area contributed by atoms with Crippen LogP contribution in [0, 0.1) is 5.92 Å². The molecule has 0 amide bonds. The summed E-state index contributed by atoms with van der Waals surface area (Å²) in [5.41, 5.74) is 0.582. The number of hydrogen-bond acceptors (Lipinski definition) is 2. The summed E-state index contributed by atoms with van der Waals surface area (Å²) in [6.45, 7) is 2.78. The second-order valence-electron chi connectivity index (χ2n) is 3.28. The van der Waals surface area contributed by atoms with Crippen LogP contribution in [0.1, 0.15) is 6.42 Å². The lowest BCUT2D eigenvalue weighted by molar-refractivity contribution is -0.133. The van der Waals surface area contributed by atoms with Crippen LogP contribution in [0.2, 0.25) is 0 Å². The van der Waals surface area contributed by atoms with Crippen molar-refractivity contribution in [3.05, 3.63) is 11.6 Å². The third kappa shape index (κ3) is 1.16. The zero-order valence-electron chi connectivity index (χ0n) is 6.29. The highest BCUT2D eigenvalue weighted by atomic mass is 16.4. The summed E-state index contributed by atoms with van der Waals surface area (Å²) in [4.78, 5) is 12.8. The molecule has 2 aliphatic rings. The molecule has 0 aromatic rings. The van der Waals surface area contributed by atoms with Gasteiger partial charge in [0.05, 0.1) is 0 Å². The van der Waals surface area contributed by atoms with Crippen LogP contribution in [0.3, 0.4) is 0 Å². The van der Waals surface area contributed by atoms with Gasteiger partial charge in [-0.1, -0.05) is 6.08 Å². The van der Waals surface area contributed by atoms with Crippen LogP contribution in [0.15, 0.2) is 11.6 Å². The first-order valence-electron chi connectivity index (χ1n) is 3.92. The minimum atomic E-state index is -0.749. The molecule has 0 saturated carbocycles. The Kier molecular flexibility index (Phi) is 1.46. The van der Waals surface area contributed by atoms with Gasteiger partial charge in [0.1, 0.15) is 0 Å². The fourth-order valence-corrected chi connectivity index (χ4v) is 1.86. The van der Waals surface area contributed by atoms with Crippen molar-refractivity contribution in [1.82, 2.24) is 4.90 Å². The van der Waals surface area contributed by atoms with Gasteiger partial charge in [-0.05, 0) is 18.9 Å². The van der Waals surface area contributed by atoms with Gasteiger partial charge in [-0.25, -0.2) is 4.79 Å². The number of carbonyl (C=O) groups is 1.